The summed E-state index contributed by atoms with van der Waals surface area (Å²) < 4.78 is 103. The molecule has 0 bridgehead atoms. The lowest BCUT2D eigenvalue weighted by Gasteiger charge is -2.24. The Morgan fingerprint density at radius 1 is 1.00 bits per heavy atom. The summed E-state index contributed by atoms with van der Waals surface area (Å²) in [7, 11) is 0. The fourth-order valence-corrected chi connectivity index (χ4v) is 1.47. The van der Waals surface area contributed by atoms with Gasteiger partial charge in [0, 0.05) is 11.6 Å². The van der Waals surface area contributed by atoms with E-state index in [1.165, 1.54) is 0 Å². The van der Waals surface area contributed by atoms with E-state index in [0.29, 0.717) is 6.07 Å². The zero-order chi connectivity index (χ0) is 16.4. The Morgan fingerprint density at radius 2 is 1.52 bits per heavy atom. The minimum Gasteiger partial charge on any atom is -0.359 e. The van der Waals surface area contributed by atoms with Gasteiger partial charge in [0.15, 0.2) is 0 Å². The van der Waals surface area contributed by atoms with E-state index in [4.69, 9.17) is 5.73 Å². The largest absolute Gasteiger partial charge is 0.423 e. The number of alkyl halides is 6. The highest BCUT2D eigenvalue weighted by atomic mass is 19.4. The molecule has 1 aromatic carbocycles. The van der Waals surface area contributed by atoms with Crippen LogP contribution in [0.2, 0.25) is 0 Å². The second-order valence-electron chi connectivity index (χ2n) is 4.07. The van der Waals surface area contributed by atoms with Crippen molar-refractivity contribution in [2.24, 2.45) is 5.73 Å². The van der Waals surface area contributed by atoms with Crippen molar-refractivity contribution < 1.29 is 39.9 Å². The van der Waals surface area contributed by atoms with Crippen molar-refractivity contribution >= 4 is 0 Å². The fourth-order valence-electron chi connectivity index (χ4n) is 1.47. The summed E-state index contributed by atoms with van der Waals surface area (Å²) in [5.41, 5.74) is 4.80. The van der Waals surface area contributed by atoms with E-state index in [9.17, 15) is 35.1 Å². The Morgan fingerprint density at radius 3 is 1.95 bits per heavy atom. The highest BCUT2D eigenvalue weighted by Crippen LogP contribution is 2.36. The summed E-state index contributed by atoms with van der Waals surface area (Å²) in [4.78, 5) is 0. The van der Waals surface area contributed by atoms with Gasteiger partial charge < -0.3 is 10.5 Å². The second kappa shape index (κ2) is 6.14. The predicted molar refractivity (Wildman–Crippen MR) is 55.1 cm³/mol. The third-order valence-corrected chi connectivity index (χ3v) is 2.40. The Hall–Kier alpha value is -1.42. The average molecular weight is 323 g/mol. The molecule has 1 aromatic rings. The monoisotopic (exact) mass is 323 g/mol. The standard InChI is InChI=1S/C11H9F8NO/c12-5-1-2-6(7(13)3-5)8(20)4-21-9(10(14,15)16)11(17,18)19/h1-3,8-9H,4,20H2. The third-order valence-electron chi connectivity index (χ3n) is 2.40. The summed E-state index contributed by atoms with van der Waals surface area (Å²) in [5.74, 6) is -2.16. The SMILES string of the molecule is NC(COC(C(F)(F)F)C(F)(F)F)c1ccc(F)cc1F. The first kappa shape index (κ1) is 17.6. The molecule has 0 fully saturated rings. The van der Waals surface area contributed by atoms with Crippen LogP contribution in [0.3, 0.4) is 0 Å². The van der Waals surface area contributed by atoms with Crippen molar-refractivity contribution in [2.75, 3.05) is 6.61 Å². The molecule has 0 aromatic heterocycles. The molecule has 1 rings (SSSR count). The zero-order valence-corrected chi connectivity index (χ0v) is 10.1. The van der Waals surface area contributed by atoms with Gasteiger partial charge in [0.2, 0.25) is 6.10 Å². The van der Waals surface area contributed by atoms with Crippen molar-refractivity contribution in [2.45, 2.75) is 24.5 Å². The van der Waals surface area contributed by atoms with Gasteiger partial charge >= 0.3 is 12.4 Å². The van der Waals surface area contributed by atoms with Crippen molar-refractivity contribution in [1.29, 1.82) is 0 Å². The molecule has 0 radical (unpaired) electrons. The summed E-state index contributed by atoms with van der Waals surface area (Å²) in [6, 6.07) is 0.371. The van der Waals surface area contributed by atoms with Crippen LogP contribution in [0.1, 0.15) is 11.6 Å². The van der Waals surface area contributed by atoms with Crippen LogP contribution in [0.5, 0.6) is 0 Å². The molecule has 0 heterocycles. The molecule has 21 heavy (non-hydrogen) atoms. The smallest absolute Gasteiger partial charge is 0.359 e. The van der Waals surface area contributed by atoms with E-state index in [-0.39, 0.29) is 0 Å². The normalized spacial score (nSPS) is 14.6. The molecule has 0 aliphatic carbocycles. The van der Waals surface area contributed by atoms with Crippen LogP contribution in [-0.4, -0.2) is 25.1 Å². The quantitative estimate of drug-likeness (QED) is 0.861. The van der Waals surface area contributed by atoms with Crippen LogP contribution in [0.4, 0.5) is 35.1 Å². The molecule has 2 nitrogen and oxygen atoms in total. The topological polar surface area (TPSA) is 35.2 Å². The number of hydrogen-bond acceptors (Lipinski definition) is 2. The zero-order valence-electron chi connectivity index (χ0n) is 10.1. The van der Waals surface area contributed by atoms with Crippen LogP contribution in [-0.2, 0) is 4.74 Å². The average Bonchev–Trinajstić information content (AvgIpc) is 2.24. The fraction of sp³-hybridized carbons (Fsp3) is 0.455. The highest BCUT2D eigenvalue weighted by Gasteiger charge is 2.58. The molecule has 0 saturated heterocycles. The van der Waals surface area contributed by atoms with Gasteiger partial charge in [0.1, 0.15) is 11.6 Å². The molecule has 2 N–H and O–H groups in total. The van der Waals surface area contributed by atoms with Gasteiger partial charge in [-0.1, -0.05) is 6.07 Å². The van der Waals surface area contributed by atoms with Crippen molar-refractivity contribution in [3.63, 3.8) is 0 Å². The van der Waals surface area contributed by atoms with Crippen molar-refractivity contribution in [1.82, 2.24) is 0 Å². The lowest BCUT2D eigenvalue weighted by atomic mass is 10.1. The molecule has 120 valence electrons. The Labute approximate surface area is 113 Å². The van der Waals surface area contributed by atoms with Gasteiger partial charge in [-0.2, -0.15) is 26.3 Å². The Kier molecular flexibility index (Phi) is 5.16. The van der Waals surface area contributed by atoms with E-state index >= 15 is 0 Å². The highest BCUT2D eigenvalue weighted by molar-refractivity contribution is 5.21. The number of nitrogens with two attached hydrogens (primary N) is 1. The maximum absolute atomic E-state index is 13.3. The van der Waals surface area contributed by atoms with E-state index in [1.807, 2.05) is 0 Å². The first-order valence-electron chi connectivity index (χ1n) is 5.38. The van der Waals surface area contributed by atoms with Crippen molar-refractivity contribution in [3.05, 3.63) is 35.4 Å². The van der Waals surface area contributed by atoms with Gasteiger partial charge in [-0.3, -0.25) is 0 Å². The summed E-state index contributed by atoms with van der Waals surface area (Å²) in [6.07, 6.45) is -15.4. The maximum Gasteiger partial charge on any atom is 0.423 e. The second-order valence-corrected chi connectivity index (χ2v) is 4.07. The summed E-state index contributed by atoms with van der Waals surface area (Å²) >= 11 is 0. The van der Waals surface area contributed by atoms with E-state index in [2.05, 4.69) is 4.74 Å². The molecular formula is C11H9F8NO. The number of hydrogen-bond donors (Lipinski definition) is 1. The third kappa shape index (κ3) is 4.81. The minimum absolute atomic E-state index is 0.403. The summed E-state index contributed by atoms with van der Waals surface area (Å²) in [6.45, 7) is -1.24. The van der Waals surface area contributed by atoms with Gasteiger partial charge in [0.25, 0.3) is 0 Å². The molecule has 0 saturated carbocycles. The Balaban J connectivity index is 2.81. The van der Waals surface area contributed by atoms with Gasteiger partial charge in [-0.05, 0) is 6.07 Å². The molecule has 0 aliphatic heterocycles. The van der Waals surface area contributed by atoms with E-state index in [0.717, 1.165) is 12.1 Å². The van der Waals surface area contributed by atoms with Gasteiger partial charge in [-0.15, -0.1) is 0 Å². The van der Waals surface area contributed by atoms with Crippen LogP contribution in [0.15, 0.2) is 18.2 Å². The molecule has 1 unspecified atom stereocenters. The van der Waals surface area contributed by atoms with Crippen LogP contribution >= 0.6 is 0 Å². The van der Waals surface area contributed by atoms with E-state index < -0.39 is 48.3 Å². The van der Waals surface area contributed by atoms with Crippen molar-refractivity contribution in [3.8, 4) is 0 Å². The predicted octanol–water partition coefficient (Wildman–Crippen LogP) is 3.47. The molecule has 1 atom stereocenters. The number of halogens is 8. The van der Waals surface area contributed by atoms with E-state index in [1.54, 1.807) is 0 Å². The Bertz CT molecular complexity index is 470. The first-order chi connectivity index (χ1) is 9.43. The molecule has 10 heteroatoms. The summed E-state index contributed by atoms with van der Waals surface area (Å²) in [5, 5.41) is 0. The van der Waals surface area contributed by atoms with Crippen LogP contribution < -0.4 is 5.73 Å². The first-order valence-corrected chi connectivity index (χ1v) is 5.38. The maximum atomic E-state index is 13.3. The molecule has 0 aliphatic rings. The number of ether oxygens (including phenoxy) is 1. The molecule has 0 spiro atoms. The number of benzene rings is 1. The van der Waals surface area contributed by atoms with Gasteiger partial charge in [0.05, 0.1) is 12.6 Å². The lowest BCUT2D eigenvalue weighted by Crippen LogP contribution is -2.45. The number of rotatable bonds is 4. The van der Waals surface area contributed by atoms with Crippen LogP contribution in [0.25, 0.3) is 0 Å². The van der Waals surface area contributed by atoms with Crippen LogP contribution in [0, 0.1) is 11.6 Å². The molecule has 0 amide bonds. The minimum atomic E-state index is -5.68. The lowest BCUT2D eigenvalue weighted by molar-refractivity contribution is -0.322. The molecular weight excluding hydrogens is 314 g/mol. The van der Waals surface area contributed by atoms with Gasteiger partial charge in [-0.25, -0.2) is 8.78 Å².